The topological polar surface area (TPSA) is 60.9 Å². The molecule has 0 bridgehead atoms. The van der Waals surface area contributed by atoms with E-state index in [0.29, 0.717) is 13.1 Å². The molecule has 0 unspecified atom stereocenters. The zero-order chi connectivity index (χ0) is 14.8. The number of likely N-dealkylation sites (tertiary alicyclic amines) is 1. The van der Waals surface area contributed by atoms with E-state index in [1.807, 2.05) is 4.90 Å². The second kappa shape index (κ2) is 6.41. The van der Waals surface area contributed by atoms with E-state index in [1.54, 1.807) is 0 Å². The highest BCUT2D eigenvalue weighted by Crippen LogP contribution is 2.23. The number of amides is 1. The molecule has 2 heterocycles. The van der Waals surface area contributed by atoms with Crippen LogP contribution in [-0.2, 0) is 15.0 Å². The molecule has 0 radical (unpaired) electrons. The zero-order valence-corrected chi connectivity index (χ0v) is 13.2. The van der Waals surface area contributed by atoms with Gasteiger partial charge in [-0.05, 0) is 32.1 Å². The van der Waals surface area contributed by atoms with E-state index in [2.05, 4.69) is 0 Å². The lowest BCUT2D eigenvalue weighted by molar-refractivity contribution is -0.137. The van der Waals surface area contributed by atoms with E-state index in [-0.39, 0.29) is 11.8 Å². The van der Waals surface area contributed by atoms with Gasteiger partial charge in [-0.3, -0.25) is 4.79 Å². The van der Waals surface area contributed by atoms with Gasteiger partial charge in [-0.15, -0.1) is 0 Å². The molecule has 0 aromatic heterocycles. The van der Waals surface area contributed by atoms with Gasteiger partial charge in [0.1, 0.15) is 0 Å². The minimum absolute atomic E-state index is 0.142. The summed E-state index contributed by atoms with van der Waals surface area (Å²) in [5.74, 6) is -0.0278. The third kappa shape index (κ3) is 3.32. The van der Waals surface area contributed by atoms with Gasteiger partial charge < -0.3 is 4.90 Å². The molecule has 1 atom stereocenters. The van der Waals surface area contributed by atoms with Crippen LogP contribution in [0.2, 0.25) is 0 Å². The molecule has 6 nitrogen and oxygen atoms in total. The highest BCUT2D eigenvalue weighted by atomic mass is 32.2. The number of carbonyl (C=O) groups excluding carboxylic acids is 1. The summed E-state index contributed by atoms with van der Waals surface area (Å²) in [4.78, 5) is 14.4. The van der Waals surface area contributed by atoms with Crippen molar-refractivity contribution in [3.63, 3.8) is 0 Å². The Morgan fingerprint density at radius 1 is 1.05 bits per heavy atom. The fourth-order valence-electron chi connectivity index (χ4n) is 2.96. The van der Waals surface area contributed by atoms with Gasteiger partial charge in [-0.1, -0.05) is 0 Å². The fourth-order valence-corrected chi connectivity index (χ4v) is 4.15. The number of hydrogen-bond acceptors (Lipinski definition) is 3. The Kier molecular flexibility index (Phi) is 5.04. The summed E-state index contributed by atoms with van der Waals surface area (Å²) in [6.45, 7) is 2.51. The SMILES string of the molecule is CN(C)S(=O)(=O)N1CCC[C@H](C(=O)N2CCCCC2)C1. The highest BCUT2D eigenvalue weighted by Gasteiger charge is 2.35. The second-order valence-electron chi connectivity index (χ2n) is 5.87. The molecule has 0 N–H and O–H groups in total. The molecule has 2 fully saturated rings. The third-order valence-corrected chi connectivity index (χ3v) is 6.10. The van der Waals surface area contributed by atoms with Crippen molar-refractivity contribution in [2.45, 2.75) is 32.1 Å². The quantitative estimate of drug-likeness (QED) is 0.763. The first-order chi connectivity index (χ1) is 9.43. The van der Waals surface area contributed by atoms with Crippen molar-refractivity contribution in [2.75, 3.05) is 40.3 Å². The molecule has 0 aliphatic carbocycles. The van der Waals surface area contributed by atoms with Gasteiger partial charge in [0.2, 0.25) is 5.91 Å². The molecule has 0 spiro atoms. The molecule has 2 aliphatic rings. The molecular formula is C13H25N3O3S. The van der Waals surface area contributed by atoms with Gasteiger partial charge in [0.15, 0.2) is 0 Å². The lowest BCUT2D eigenvalue weighted by Gasteiger charge is -2.36. The summed E-state index contributed by atoms with van der Waals surface area (Å²) >= 11 is 0. The maximum atomic E-state index is 12.5. The van der Waals surface area contributed by atoms with E-state index >= 15 is 0 Å². The van der Waals surface area contributed by atoms with Crippen LogP contribution < -0.4 is 0 Å². The number of piperidine rings is 2. The molecule has 116 valence electrons. The third-order valence-electron chi connectivity index (χ3n) is 4.19. The molecular weight excluding hydrogens is 278 g/mol. The molecule has 1 amide bonds. The summed E-state index contributed by atoms with van der Waals surface area (Å²) in [6.07, 6.45) is 4.89. The summed E-state index contributed by atoms with van der Waals surface area (Å²) in [5, 5.41) is 0. The highest BCUT2D eigenvalue weighted by molar-refractivity contribution is 7.86. The van der Waals surface area contributed by atoms with Gasteiger partial charge in [0, 0.05) is 40.3 Å². The van der Waals surface area contributed by atoms with Crippen molar-refractivity contribution in [2.24, 2.45) is 5.92 Å². The Labute approximate surface area is 121 Å². The van der Waals surface area contributed by atoms with Crippen molar-refractivity contribution < 1.29 is 13.2 Å². The van der Waals surface area contributed by atoms with E-state index in [4.69, 9.17) is 0 Å². The van der Waals surface area contributed by atoms with Crippen LogP contribution >= 0.6 is 0 Å². The van der Waals surface area contributed by atoms with Crippen LogP contribution in [0.3, 0.4) is 0 Å². The van der Waals surface area contributed by atoms with E-state index in [9.17, 15) is 13.2 Å². The number of nitrogens with zero attached hydrogens (tertiary/aromatic N) is 3. The van der Waals surface area contributed by atoms with Gasteiger partial charge >= 0.3 is 0 Å². The lowest BCUT2D eigenvalue weighted by atomic mass is 9.97. The average Bonchev–Trinajstić information content (AvgIpc) is 2.47. The van der Waals surface area contributed by atoms with Crippen LogP contribution in [0, 0.1) is 5.92 Å². The molecule has 2 aliphatic heterocycles. The van der Waals surface area contributed by atoms with Crippen LogP contribution in [0.5, 0.6) is 0 Å². The fraction of sp³-hybridized carbons (Fsp3) is 0.923. The van der Waals surface area contributed by atoms with Crippen LogP contribution in [0.15, 0.2) is 0 Å². The summed E-state index contributed by atoms with van der Waals surface area (Å²) in [6, 6.07) is 0. The first-order valence-electron chi connectivity index (χ1n) is 7.39. The molecule has 0 aromatic rings. The maximum absolute atomic E-state index is 12.5. The van der Waals surface area contributed by atoms with Crippen LogP contribution in [0.25, 0.3) is 0 Å². The second-order valence-corrected chi connectivity index (χ2v) is 8.02. The normalized spacial score (nSPS) is 25.9. The van der Waals surface area contributed by atoms with Crippen molar-refractivity contribution in [1.29, 1.82) is 0 Å². The summed E-state index contributed by atoms with van der Waals surface area (Å²) < 4.78 is 27.0. The minimum Gasteiger partial charge on any atom is -0.342 e. The Bertz CT molecular complexity index is 444. The van der Waals surface area contributed by atoms with Gasteiger partial charge in [0.25, 0.3) is 10.2 Å². The first kappa shape index (κ1) is 15.7. The average molecular weight is 303 g/mol. The molecule has 2 rings (SSSR count). The molecule has 0 aromatic carbocycles. The zero-order valence-electron chi connectivity index (χ0n) is 12.4. The Balaban J connectivity index is 2.01. The van der Waals surface area contributed by atoms with E-state index < -0.39 is 10.2 Å². The molecule has 7 heteroatoms. The van der Waals surface area contributed by atoms with Crippen molar-refractivity contribution in [3.05, 3.63) is 0 Å². The number of rotatable bonds is 3. The largest absolute Gasteiger partial charge is 0.342 e. The van der Waals surface area contributed by atoms with E-state index in [0.717, 1.165) is 38.8 Å². The Morgan fingerprint density at radius 2 is 1.70 bits per heavy atom. The number of carbonyl (C=O) groups is 1. The molecule has 2 saturated heterocycles. The van der Waals surface area contributed by atoms with Gasteiger partial charge in [-0.2, -0.15) is 17.0 Å². The van der Waals surface area contributed by atoms with Crippen LogP contribution in [-0.4, -0.2) is 68.1 Å². The number of hydrogen-bond donors (Lipinski definition) is 0. The van der Waals surface area contributed by atoms with Crippen LogP contribution in [0.1, 0.15) is 32.1 Å². The first-order valence-corrected chi connectivity index (χ1v) is 8.79. The molecule has 0 saturated carbocycles. The monoisotopic (exact) mass is 303 g/mol. The van der Waals surface area contributed by atoms with Gasteiger partial charge in [0.05, 0.1) is 5.92 Å². The van der Waals surface area contributed by atoms with Gasteiger partial charge in [-0.25, -0.2) is 0 Å². The van der Waals surface area contributed by atoms with Crippen LogP contribution in [0.4, 0.5) is 0 Å². The smallest absolute Gasteiger partial charge is 0.281 e. The van der Waals surface area contributed by atoms with Crippen molar-refractivity contribution in [3.8, 4) is 0 Å². The lowest BCUT2D eigenvalue weighted by Crippen LogP contribution is -2.50. The predicted octanol–water partition coefficient (Wildman–Crippen LogP) is 0.517. The van der Waals surface area contributed by atoms with E-state index in [1.165, 1.54) is 29.1 Å². The Hall–Kier alpha value is -0.660. The standard InChI is InChI=1S/C13H25N3O3S/c1-14(2)20(18,19)16-10-6-7-12(11-16)13(17)15-8-4-3-5-9-15/h12H,3-11H2,1-2H3/t12-/m0/s1. The van der Waals surface area contributed by atoms with Crippen molar-refractivity contribution in [1.82, 2.24) is 13.5 Å². The Morgan fingerprint density at radius 3 is 2.30 bits per heavy atom. The summed E-state index contributed by atoms with van der Waals surface area (Å²) in [5.41, 5.74) is 0. The van der Waals surface area contributed by atoms with Crippen molar-refractivity contribution >= 4 is 16.1 Å². The molecule has 20 heavy (non-hydrogen) atoms. The minimum atomic E-state index is -3.40. The summed E-state index contributed by atoms with van der Waals surface area (Å²) in [7, 11) is -0.335. The predicted molar refractivity (Wildman–Crippen MR) is 77.3 cm³/mol. The maximum Gasteiger partial charge on any atom is 0.281 e.